The second-order valence-electron chi connectivity index (χ2n) is 4.93. The monoisotopic (exact) mass is 274 g/mol. The smallest absolute Gasteiger partial charge is 0.276 e. The largest absolute Gasteiger partial charge is 0.337 e. The molecule has 2 heterocycles. The van der Waals surface area contributed by atoms with E-state index in [4.69, 9.17) is 0 Å². The Bertz CT molecular complexity index is 602. The van der Waals surface area contributed by atoms with E-state index in [0.717, 1.165) is 31.5 Å². The fourth-order valence-corrected chi connectivity index (χ4v) is 2.33. The Labute approximate surface area is 116 Å². The van der Waals surface area contributed by atoms with E-state index in [9.17, 15) is 9.18 Å². The molecule has 3 rings (SSSR count). The Morgan fingerprint density at radius 1 is 1.20 bits per heavy atom. The Hall–Kier alpha value is -2.24. The molecule has 5 nitrogen and oxygen atoms in total. The van der Waals surface area contributed by atoms with Gasteiger partial charge in [0.25, 0.3) is 5.91 Å². The number of amides is 1. The minimum absolute atomic E-state index is 0.0622. The van der Waals surface area contributed by atoms with Gasteiger partial charge in [0.05, 0.1) is 12.7 Å². The molecular formula is C14H15FN4O. The van der Waals surface area contributed by atoms with Gasteiger partial charge in [0.15, 0.2) is 5.69 Å². The molecule has 1 aliphatic heterocycles. The average Bonchev–Trinajstić information content (AvgIpc) is 3.12. The summed E-state index contributed by atoms with van der Waals surface area (Å²) in [6, 6.07) is 6.20. The van der Waals surface area contributed by atoms with Crippen molar-refractivity contribution in [3.8, 4) is 0 Å². The summed E-state index contributed by atoms with van der Waals surface area (Å²) < 4.78 is 14.4. The van der Waals surface area contributed by atoms with Gasteiger partial charge in [-0.2, -0.15) is 0 Å². The normalized spacial score (nSPS) is 14.8. The third kappa shape index (κ3) is 2.68. The molecule has 0 spiro atoms. The van der Waals surface area contributed by atoms with Crippen molar-refractivity contribution in [3.63, 3.8) is 0 Å². The molecule has 6 heteroatoms. The summed E-state index contributed by atoms with van der Waals surface area (Å²) >= 11 is 0. The predicted octanol–water partition coefficient (Wildman–Crippen LogP) is 1.70. The quantitative estimate of drug-likeness (QED) is 0.856. The molecule has 2 aromatic rings. The Morgan fingerprint density at radius 2 is 1.90 bits per heavy atom. The minimum atomic E-state index is -0.266. The SMILES string of the molecule is O=C(c1cn(Cc2ccc(F)cc2)nn1)N1CCCC1. The molecule has 1 fully saturated rings. The van der Waals surface area contributed by atoms with E-state index < -0.39 is 0 Å². The van der Waals surface area contributed by atoms with E-state index in [1.807, 2.05) is 0 Å². The molecule has 1 aliphatic rings. The van der Waals surface area contributed by atoms with E-state index in [-0.39, 0.29) is 11.7 Å². The van der Waals surface area contributed by atoms with Crippen LogP contribution in [0.4, 0.5) is 4.39 Å². The van der Waals surface area contributed by atoms with E-state index in [1.54, 1.807) is 27.9 Å². The highest BCUT2D eigenvalue weighted by Gasteiger charge is 2.21. The van der Waals surface area contributed by atoms with Crippen LogP contribution in [0, 0.1) is 5.82 Å². The van der Waals surface area contributed by atoms with Crippen molar-refractivity contribution < 1.29 is 9.18 Å². The van der Waals surface area contributed by atoms with Crippen molar-refractivity contribution in [2.45, 2.75) is 19.4 Å². The second-order valence-corrected chi connectivity index (χ2v) is 4.93. The summed E-state index contributed by atoms with van der Waals surface area (Å²) in [5.41, 5.74) is 1.28. The molecule has 0 atom stereocenters. The Balaban J connectivity index is 1.70. The summed E-state index contributed by atoms with van der Waals surface area (Å²) in [7, 11) is 0. The number of aromatic nitrogens is 3. The van der Waals surface area contributed by atoms with Crippen molar-refractivity contribution >= 4 is 5.91 Å². The molecule has 20 heavy (non-hydrogen) atoms. The van der Waals surface area contributed by atoms with Crippen molar-refractivity contribution in [3.05, 3.63) is 47.5 Å². The number of carbonyl (C=O) groups is 1. The number of hydrogen-bond acceptors (Lipinski definition) is 3. The maximum Gasteiger partial charge on any atom is 0.276 e. The standard InChI is InChI=1S/C14H15FN4O/c15-12-5-3-11(4-6-12)9-19-10-13(16-17-19)14(20)18-7-1-2-8-18/h3-6,10H,1-2,7-9H2. The van der Waals surface area contributed by atoms with E-state index in [1.165, 1.54) is 12.1 Å². The topological polar surface area (TPSA) is 51.0 Å². The zero-order valence-electron chi connectivity index (χ0n) is 11.0. The second kappa shape index (κ2) is 5.40. The summed E-state index contributed by atoms with van der Waals surface area (Å²) in [5.74, 6) is -0.329. The van der Waals surface area contributed by atoms with Gasteiger partial charge in [-0.3, -0.25) is 4.79 Å². The van der Waals surface area contributed by atoms with Gasteiger partial charge >= 0.3 is 0 Å². The molecule has 1 amide bonds. The van der Waals surface area contributed by atoms with Gasteiger partial charge in [-0.1, -0.05) is 17.3 Å². The first kappa shape index (κ1) is 12.8. The maximum absolute atomic E-state index is 12.8. The van der Waals surface area contributed by atoms with Crippen LogP contribution in [0.1, 0.15) is 28.9 Å². The van der Waals surface area contributed by atoms with Crippen molar-refractivity contribution in [2.24, 2.45) is 0 Å². The number of hydrogen-bond donors (Lipinski definition) is 0. The highest BCUT2D eigenvalue weighted by Crippen LogP contribution is 2.11. The number of likely N-dealkylation sites (tertiary alicyclic amines) is 1. The molecule has 1 aromatic heterocycles. The first-order chi connectivity index (χ1) is 9.72. The maximum atomic E-state index is 12.8. The van der Waals surface area contributed by atoms with Crippen LogP contribution in [0.5, 0.6) is 0 Å². The van der Waals surface area contributed by atoms with Gasteiger partial charge in [-0.05, 0) is 30.5 Å². The Morgan fingerprint density at radius 3 is 2.60 bits per heavy atom. The van der Waals surface area contributed by atoms with Crippen LogP contribution in [-0.2, 0) is 6.54 Å². The number of benzene rings is 1. The molecule has 1 saturated heterocycles. The van der Waals surface area contributed by atoms with Gasteiger partial charge < -0.3 is 4.90 Å². The van der Waals surface area contributed by atoms with Crippen molar-refractivity contribution in [1.29, 1.82) is 0 Å². The van der Waals surface area contributed by atoms with Crippen LogP contribution in [0.15, 0.2) is 30.5 Å². The first-order valence-corrected chi connectivity index (χ1v) is 6.66. The summed E-state index contributed by atoms with van der Waals surface area (Å²) in [4.78, 5) is 13.9. The lowest BCUT2D eigenvalue weighted by Crippen LogP contribution is -2.27. The molecule has 0 unspecified atom stereocenters. The zero-order chi connectivity index (χ0) is 13.9. The molecule has 0 saturated carbocycles. The molecule has 0 radical (unpaired) electrons. The van der Waals surface area contributed by atoms with E-state index >= 15 is 0 Å². The van der Waals surface area contributed by atoms with Gasteiger partial charge in [0.2, 0.25) is 0 Å². The fraction of sp³-hybridized carbons (Fsp3) is 0.357. The van der Waals surface area contributed by atoms with Crippen LogP contribution in [0.3, 0.4) is 0 Å². The summed E-state index contributed by atoms with van der Waals surface area (Å²) in [6.45, 7) is 2.06. The van der Waals surface area contributed by atoms with Crippen molar-refractivity contribution in [1.82, 2.24) is 19.9 Å². The lowest BCUT2D eigenvalue weighted by atomic mass is 10.2. The lowest BCUT2D eigenvalue weighted by molar-refractivity contribution is 0.0787. The lowest BCUT2D eigenvalue weighted by Gasteiger charge is -2.12. The van der Waals surface area contributed by atoms with E-state index in [2.05, 4.69) is 10.3 Å². The summed E-state index contributed by atoms with van der Waals surface area (Å²) in [5, 5.41) is 7.87. The molecule has 104 valence electrons. The fourth-order valence-electron chi connectivity index (χ4n) is 2.33. The van der Waals surface area contributed by atoms with Crippen LogP contribution < -0.4 is 0 Å². The van der Waals surface area contributed by atoms with Gasteiger partial charge in [-0.15, -0.1) is 5.10 Å². The van der Waals surface area contributed by atoms with Gasteiger partial charge in [0.1, 0.15) is 5.82 Å². The Kier molecular flexibility index (Phi) is 3.45. The predicted molar refractivity (Wildman–Crippen MR) is 70.7 cm³/mol. The number of nitrogens with zero attached hydrogens (tertiary/aromatic N) is 4. The van der Waals surface area contributed by atoms with E-state index in [0.29, 0.717) is 12.2 Å². The highest BCUT2D eigenvalue weighted by atomic mass is 19.1. The number of carbonyl (C=O) groups excluding carboxylic acids is 1. The van der Waals surface area contributed by atoms with Crippen LogP contribution >= 0.6 is 0 Å². The third-order valence-corrected chi connectivity index (χ3v) is 3.41. The summed E-state index contributed by atoms with van der Waals surface area (Å²) in [6.07, 6.45) is 3.74. The van der Waals surface area contributed by atoms with Crippen molar-refractivity contribution in [2.75, 3.05) is 13.1 Å². The molecular weight excluding hydrogens is 259 g/mol. The van der Waals surface area contributed by atoms with Crippen LogP contribution in [-0.4, -0.2) is 38.9 Å². The molecule has 0 N–H and O–H groups in total. The zero-order valence-corrected chi connectivity index (χ0v) is 11.0. The third-order valence-electron chi connectivity index (χ3n) is 3.41. The number of halogens is 1. The molecule has 0 bridgehead atoms. The molecule has 0 aliphatic carbocycles. The van der Waals surface area contributed by atoms with Crippen LogP contribution in [0.25, 0.3) is 0 Å². The minimum Gasteiger partial charge on any atom is -0.337 e. The average molecular weight is 274 g/mol. The van der Waals surface area contributed by atoms with Gasteiger partial charge in [0, 0.05) is 13.1 Å². The first-order valence-electron chi connectivity index (χ1n) is 6.66. The van der Waals surface area contributed by atoms with Crippen LogP contribution in [0.2, 0.25) is 0 Å². The highest BCUT2D eigenvalue weighted by molar-refractivity contribution is 5.92. The van der Waals surface area contributed by atoms with Gasteiger partial charge in [-0.25, -0.2) is 9.07 Å². The molecule has 1 aromatic carbocycles. The number of rotatable bonds is 3.